The van der Waals surface area contributed by atoms with Gasteiger partial charge in [0.25, 0.3) is 0 Å². The fraction of sp³-hybridized carbons (Fsp3) is 0.619. The van der Waals surface area contributed by atoms with E-state index in [4.69, 9.17) is 4.74 Å². The lowest BCUT2D eigenvalue weighted by Crippen LogP contribution is -2.43. The number of anilines is 1. The van der Waals surface area contributed by atoms with Crippen LogP contribution in [0.25, 0.3) is 0 Å². The lowest BCUT2D eigenvalue weighted by Gasteiger charge is -2.32. The van der Waals surface area contributed by atoms with Crippen molar-refractivity contribution in [3.8, 4) is 5.75 Å². The van der Waals surface area contributed by atoms with Crippen LogP contribution in [0.1, 0.15) is 44.9 Å². The van der Waals surface area contributed by atoms with Crippen LogP contribution in [0.2, 0.25) is 0 Å². The maximum Gasteiger partial charge on any atom is 0.321 e. The van der Waals surface area contributed by atoms with Crippen LogP contribution < -0.4 is 15.4 Å². The molecule has 27 heavy (non-hydrogen) atoms. The Morgan fingerprint density at radius 3 is 2.48 bits per heavy atom. The van der Waals surface area contributed by atoms with Crippen molar-refractivity contribution in [1.82, 2.24) is 10.2 Å². The van der Waals surface area contributed by atoms with Crippen molar-refractivity contribution in [1.29, 1.82) is 0 Å². The van der Waals surface area contributed by atoms with Crippen LogP contribution in [0, 0.1) is 11.8 Å². The third-order valence-corrected chi connectivity index (χ3v) is 5.79. The summed E-state index contributed by atoms with van der Waals surface area (Å²) in [6.07, 6.45) is 7.47. The summed E-state index contributed by atoms with van der Waals surface area (Å²) in [6, 6.07) is 7.32. The smallest absolute Gasteiger partial charge is 0.321 e. The minimum absolute atomic E-state index is 0.0942. The van der Waals surface area contributed by atoms with Crippen LogP contribution in [0.3, 0.4) is 0 Å². The van der Waals surface area contributed by atoms with Crippen molar-refractivity contribution in [3.05, 3.63) is 24.3 Å². The quantitative estimate of drug-likeness (QED) is 0.800. The predicted molar refractivity (Wildman–Crippen MR) is 106 cm³/mol. The lowest BCUT2D eigenvalue weighted by molar-refractivity contribution is -0.122. The molecule has 1 aromatic rings. The van der Waals surface area contributed by atoms with E-state index in [1.54, 1.807) is 7.11 Å². The van der Waals surface area contributed by atoms with Gasteiger partial charge in [0.2, 0.25) is 5.91 Å². The molecule has 3 rings (SSSR count). The molecular weight excluding hydrogens is 342 g/mol. The van der Waals surface area contributed by atoms with Gasteiger partial charge in [-0.2, -0.15) is 0 Å². The molecule has 2 aliphatic rings. The maximum atomic E-state index is 12.5. The molecule has 6 heteroatoms. The number of para-hydroxylation sites is 2. The minimum Gasteiger partial charge on any atom is -0.495 e. The molecule has 6 nitrogen and oxygen atoms in total. The summed E-state index contributed by atoms with van der Waals surface area (Å²) in [5, 5.41) is 6.03. The summed E-state index contributed by atoms with van der Waals surface area (Å²) < 4.78 is 5.28. The Hall–Kier alpha value is -2.24. The number of hydrogen-bond acceptors (Lipinski definition) is 3. The number of carbonyl (C=O) groups is 2. The molecule has 148 valence electrons. The molecule has 0 atom stereocenters. The number of rotatable bonds is 6. The fourth-order valence-corrected chi connectivity index (χ4v) is 4.09. The lowest BCUT2D eigenvalue weighted by atomic mass is 9.96. The average molecular weight is 373 g/mol. The number of likely N-dealkylation sites (tertiary alicyclic amines) is 1. The molecule has 1 heterocycles. The first-order valence-electron chi connectivity index (χ1n) is 10.1. The molecule has 1 saturated carbocycles. The molecule has 1 aromatic carbocycles. The standard InChI is InChI=1S/C21H31N3O3/c1-27-19-9-5-4-8-18(19)23-21(26)24-12-10-17(11-13-24)15-22-20(25)14-16-6-2-3-7-16/h4-5,8-9,16-17H,2-3,6-7,10-15H2,1H3,(H,22,25)(H,23,26). The zero-order valence-electron chi connectivity index (χ0n) is 16.2. The Labute approximate surface area is 161 Å². The SMILES string of the molecule is COc1ccccc1NC(=O)N1CCC(CNC(=O)CC2CCCC2)CC1. The third kappa shape index (κ3) is 5.62. The number of nitrogens with zero attached hydrogens (tertiary/aromatic N) is 1. The Bertz CT molecular complexity index is 635. The number of carbonyl (C=O) groups excluding carboxylic acids is 2. The first-order valence-corrected chi connectivity index (χ1v) is 10.1. The summed E-state index contributed by atoms with van der Waals surface area (Å²) in [4.78, 5) is 26.4. The second kappa shape index (κ2) is 9.62. The molecule has 0 bridgehead atoms. The first kappa shape index (κ1) is 19.5. The molecule has 2 fully saturated rings. The van der Waals surface area contributed by atoms with Gasteiger partial charge in [0.15, 0.2) is 0 Å². The van der Waals surface area contributed by atoms with Gasteiger partial charge >= 0.3 is 6.03 Å². The fourth-order valence-electron chi connectivity index (χ4n) is 4.09. The van der Waals surface area contributed by atoms with Gasteiger partial charge in [0.05, 0.1) is 12.8 Å². The van der Waals surface area contributed by atoms with Gasteiger partial charge in [-0.05, 0) is 49.7 Å². The number of piperidine rings is 1. The molecule has 2 N–H and O–H groups in total. The van der Waals surface area contributed by atoms with E-state index in [-0.39, 0.29) is 11.9 Å². The van der Waals surface area contributed by atoms with Gasteiger partial charge in [0, 0.05) is 26.1 Å². The normalized spacial score (nSPS) is 18.3. The summed E-state index contributed by atoms with van der Waals surface area (Å²) in [5.74, 6) is 1.89. The zero-order chi connectivity index (χ0) is 19.1. The zero-order valence-corrected chi connectivity index (χ0v) is 16.2. The molecule has 1 saturated heterocycles. The van der Waals surface area contributed by atoms with E-state index in [9.17, 15) is 9.59 Å². The number of methoxy groups -OCH3 is 1. The highest BCUT2D eigenvalue weighted by molar-refractivity contribution is 5.91. The van der Waals surface area contributed by atoms with Gasteiger partial charge in [-0.1, -0.05) is 25.0 Å². The number of hydrogen-bond donors (Lipinski definition) is 2. The van der Waals surface area contributed by atoms with Crippen molar-refractivity contribution < 1.29 is 14.3 Å². The Morgan fingerprint density at radius 1 is 1.07 bits per heavy atom. The second-order valence-corrected chi connectivity index (χ2v) is 7.72. The summed E-state index contributed by atoms with van der Waals surface area (Å²) in [6.45, 7) is 2.15. The van der Waals surface area contributed by atoms with Crippen molar-refractivity contribution >= 4 is 17.6 Å². The van der Waals surface area contributed by atoms with E-state index in [2.05, 4.69) is 10.6 Å². The van der Waals surface area contributed by atoms with Gasteiger partial charge in [-0.3, -0.25) is 4.79 Å². The van der Waals surface area contributed by atoms with Crippen molar-refractivity contribution in [2.45, 2.75) is 44.9 Å². The highest BCUT2D eigenvalue weighted by atomic mass is 16.5. The van der Waals surface area contributed by atoms with Crippen LogP contribution in [-0.4, -0.2) is 43.6 Å². The van der Waals surface area contributed by atoms with Crippen LogP contribution >= 0.6 is 0 Å². The molecule has 0 unspecified atom stereocenters. The summed E-state index contributed by atoms with van der Waals surface area (Å²) >= 11 is 0. The van der Waals surface area contributed by atoms with Crippen LogP contribution in [0.5, 0.6) is 5.75 Å². The summed E-state index contributed by atoms with van der Waals surface area (Å²) in [5.41, 5.74) is 0.686. The Kier molecular flexibility index (Phi) is 6.96. The van der Waals surface area contributed by atoms with E-state index in [1.165, 1.54) is 25.7 Å². The van der Waals surface area contributed by atoms with E-state index < -0.39 is 0 Å². The van der Waals surface area contributed by atoms with Gasteiger partial charge < -0.3 is 20.3 Å². The molecular formula is C21H31N3O3. The third-order valence-electron chi connectivity index (χ3n) is 5.79. The highest BCUT2D eigenvalue weighted by Crippen LogP contribution is 2.27. The van der Waals surface area contributed by atoms with Gasteiger partial charge in [0.1, 0.15) is 5.75 Å². The maximum absolute atomic E-state index is 12.5. The minimum atomic E-state index is -0.0942. The number of urea groups is 1. The van der Waals surface area contributed by atoms with Crippen molar-refractivity contribution in [2.24, 2.45) is 11.8 Å². The van der Waals surface area contributed by atoms with Crippen LogP contribution in [0.15, 0.2) is 24.3 Å². The molecule has 0 aromatic heterocycles. The number of ether oxygens (including phenoxy) is 1. The second-order valence-electron chi connectivity index (χ2n) is 7.72. The molecule has 0 spiro atoms. The van der Waals surface area contributed by atoms with Crippen molar-refractivity contribution in [3.63, 3.8) is 0 Å². The molecule has 0 radical (unpaired) electrons. The van der Waals surface area contributed by atoms with Gasteiger partial charge in [-0.15, -0.1) is 0 Å². The van der Waals surface area contributed by atoms with Crippen LogP contribution in [-0.2, 0) is 4.79 Å². The van der Waals surface area contributed by atoms with Crippen LogP contribution in [0.4, 0.5) is 10.5 Å². The molecule has 3 amide bonds. The monoisotopic (exact) mass is 373 g/mol. The van der Waals surface area contributed by atoms with Gasteiger partial charge in [-0.25, -0.2) is 4.79 Å². The van der Waals surface area contributed by atoms with E-state index in [1.807, 2.05) is 29.2 Å². The van der Waals surface area contributed by atoms with Crippen molar-refractivity contribution in [2.75, 3.05) is 32.1 Å². The van der Waals surface area contributed by atoms with E-state index >= 15 is 0 Å². The largest absolute Gasteiger partial charge is 0.495 e. The summed E-state index contributed by atoms with van der Waals surface area (Å²) in [7, 11) is 1.59. The topological polar surface area (TPSA) is 70.7 Å². The first-order chi connectivity index (χ1) is 13.2. The number of benzene rings is 1. The Balaban J connectivity index is 1.38. The number of nitrogens with one attached hydrogen (secondary N) is 2. The van der Waals surface area contributed by atoms with E-state index in [0.717, 1.165) is 19.4 Å². The highest BCUT2D eigenvalue weighted by Gasteiger charge is 2.24. The molecule has 1 aliphatic carbocycles. The average Bonchev–Trinajstić information content (AvgIpc) is 3.20. The van der Waals surface area contributed by atoms with E-state index in [0.29, 0.717) is 42.8 Å². The predicted octanol–water partition coefficient (Wildman–Crippen LogP) is 3.64. The Morgan fingerprint density at radius 2 is 1.78 bits per heavy atom. The number of amides is 3. The molecule has 1 aliphatic heterocycles.